The number of hydrogen-bond acceptors (Lipinski definition) is 3. The Kier molecular flexibility index (Phi) is 5.44. The summed E-state index contributed by atoms with van der Waals surface area (Å²) in [7, 11) is 0. The minimum absolute atomic E-state index is 0.0401. The number of aromatic hydroxyl groups is 1. The summed E-state index contributed by atoms with van der Waals surface area (Å²) in [6.45, 7) is 4.75. The van der Waals surface area contributed by atoms with Crippen molar-refractivity contribution in [1.82, 2.24) is 5.32 Å². The number of amides is 1. The van der Waals surface area contributed by atoms with Crippen LogP contribution in [-0.2, 0) is 4.74 Å². The molecule has 0 radical (unpaired) electrons. The number of ether oxygens (including phenoxy) is 1. The van der Waals surface area contributed by atoms with Gasteiger partial charge in [-0.1, -0.05) is 15.9 Å². The lowest BCUT2D eigenvalue weighted by Crippen LogP contribution is -2.28. The molecule has 0 aliphatic carbocycles. The predicted octanol–water partition coefficient (Wildman–Crippen LogP) is 2.31. The quantitative estimate of drug-likeness (QED) is 0.821. The van der Waals surface area contributed by atoms with Gasteiger partial charge in [0.15, 0.2) is 0 Å². The lowest BCUT2D eigenvalue weighted by atomic mass is 10.2. The maximum absolute atomic E-state index is 11.7. The molecule has 1 aromatic carbocycles. The van der Waals surface area contributed by atoms with Crippen molar-refractivity contribution in [2.75, 3.05) is 13.2 Å². The second kappa shape index (κ2) is 6.61. The third-order valence-electron chi connectivity index (χ3n) is 2.04. The molecule has 0 saturated heterocycles. The molecule has 2 N–H and O–H groups in total. The molecule has 0 spiro atoms. The van der Waals surface area contributed by atoms with Gasteiger partial charge in [-0.15, -0.1) is 0 Å². The number of rotatable bonds is 5. The standard InChI is InChI=1S/C12H16BrNO3/c1-8(2)17-6-5-14-12(16)10-4-3-9(13)7-11(10)15/h3-4,7-8,15H,5-6H2,1-2H3,(H,14,16). The Bertz CT molecular complexity index is 393. The topological polar surface area (TPSA) is 58.6 Å². The van der Waals surface area contributed by atoms with Gasteiger partial charge in [0, 0.05) is 11.0 Å². The summed E-state index contributed by atoms with van der Waals surface area (Å²) in [5, 5.41) is 12.3. The summed E-state index contributed by atoms with van der Waals surface area (Å²) in [5.41, 5.74) is 0.262. The van der Waals surface area contributed by atoms with E-state index in [0.29, 0.717) is 13.2 Å². The molecule has 0 unspecified atom stereocenters. The zero-order valence-corrected chi connectivity index (χ0v) is 11.5. The highest BCUT2D eigenvalue weighted by atomic mass is 79.9. The Balaban J connectivity index is 2.47. The van der Waals surface area contributed by atoms with E-state index in [1.807, 2.05) is 13.8 Å². The fourth-order valence-electron chi connectivity index (χ4n) is 1.25. The van der Waals surface area contributed by atoms with E-state index in [4.69, 9.17) is 4.74 Å². The monoisotopic (exact) mass is 301 g/mol. The fraction of sp³-hybridized carbons (Fsp3) is 0.417. The summed E-state index contributed by atoms with van der Waals surface area (Å²) in [6.07, 6.45) is 0.146. The van der Waals surface area contributed by atoms with Crippen LogP contribution in [0.25, 0.3) is 0 Å². The molecule has 0 bridgehead atoms. The lowest BCUT2D eigenvalue weighted by Gasteiger charge is -2.09. The number of hydrogen-bond donors (Lipinski definition) is 2. The van der Waals surface area contributed by atoms with Crippen molar-refractivity contribution < 1.29 is 14.6 Å². The van der Waals surface area contributed by atoms with E-state index in [1.165, 1.54) is 6.07 Å². The maximum Gasteiger partial charge on any atom is 0.255 e. The highest BCUT2D eigenvalue weighted by Gasteiger charge is 2.10. The third-order valence-corrected chi connectivity index (χ3v) is 2.54. The van der Waals surface area contributed by atoms with Gasteiger partial charge in [0.1, 0.15) is 5.75 Å². The molecule has 0 aliphatic rings. The van der Waals surface area contributed by atoms with E-state index in [1.54, 1.807) is 12.1 Å². The summed E-state index contributed by atoms with van der Waals surface area (Å²) in [4.78, 5) is 11.7. The van der Waals surface area contributed by atoms with Gasteiger partial charge in [-0.25, -0.2) is 0 Å². The molecule has 1 rings (SSSR count). The van der Waals surface area contributed by atoms with Gasteiger partial charge in [0.2, 0.25) is 0 Å². The molecule has 0 fully saturated rings. The van der Waals surface area contributed by atoms with E-state index in [9.17, 15) is 9.90 Å². The van der Waals surface area contributed by atoms with Crippen LogP contribution in [0.1, 0.15) is 24.2 Å². The number of halogens is 1. The summed E-state index contributed by atoms with van der Waals surface area (Å²) >= 11 is 3.21. The van der Waals surface area contributed by atoms with Crippen molar-refractivity contribution in [3.8, 4) is 5.75 Å². The Morgan fingerprint density at radius 2 is 2.24 bits per heavy atom. The van der Waals surface area contributed by atoms with Gasteiger partial charge in [-0.05, 0) is 32.0 Å². The summed E-state index contributed by atoms with van der Waals surface area (Å²) in [5.74, 6) is -0.344. The number of carbonyl (C=O) groups excluding carboxylic acids is 1. The molecule has 0 aromatic heterocycles. The lowest BCUT2D eigenvalue weighted by molar-refractivity contribution is 0.0745. The van der Waals surface area contributed by atoms with Crippen molar-refractivity contribution in [3.05, 3.63) is 28.2 Å². The van der Waals surface area contributed by atoms with E-state index in [-0.39, 0.29) is 23.3 Å². The Labute approximate surface area is 109 Å². The van der Waals surface area contributed by atoms with Gasteiger partial charge in [-0.3, -0.25) is 4.79 Å². The van der Waals surface area contributed by atoms with Crippen LogP contribution in [0, 0.1) is 0 Å². The van der Waals surface area contributed by atoms with Gasteiger partial charge in [-0.2, -0.15) is 0 Å². The number of benzene rings is 1. The van der Waals surface area contributed by atoms with Gasteiger partial charge >= 0.3 is 0 Å². The van der Waals surface area contributed by atoms with Crippen LogP contribution in [0.4, 0.5) is 0 Å². The van der Waals surface area contributed by atoms with E-state index >= 15 is 0 Å². The van der Waals surface area contributed by atoms with Gasteiger partial charge in [0.05, 0.1) is 18.3 Å². The van der Waals surface area contributed by atoms with E-state index in [0.717, 1.165) is 4.47 Å². The molecule has 0 heterocycles. The molecule has 17 heavy (non-hydrogen) atoms. The van der Waals surface area contributed by atoms with Crippen LogP contribution in [0.15, 0.2) is 22.7 Å². The minimum atomic E-state index is -0.303. The minimum Gasteiger partial charge on any atom is -0.507 e. The SMILES string of the molecule is CC(C)OCCNC(=O)c1ccc(Br)cc1O. The van der Waals surface area contributed by atoms with Crippen LogP contribution in [-0.4, -0.2) is 30.3 Å². The molecule has 5 heteroatoms. The largest absolute Gasteiger partial charge is 0.507 e. The predicted molar refractivity (Wildman–Crippen MR) is 69.2 cm³/mol. The first-order valence-corrected chi connectivity index (χ1v) is 6.18. The van der Waals surface area contributed by atoms with Crippen molar-refractivity contribution in [1.29, 1.82) is 0 Å². The highest BCUT2D eigenvalue weighted by Crippen LogP contribution is 2.21. The molecule has 1 amide bonds. The zero-order valence-electron chi connectivity index (χ0n) is 9.87. The molecule has 0 aliphatic heterocycles. The van der Waals surface area contributed by atoms with Crippen molar-refractivity contribution in [2.24, 2.45) is 0 Å². The number of phenols is 1. The summed E-state index contributed by atoms with van der Waals surface area (Å²) < 4.78 is 6.02. The van der Waals surface area contributed by atoms with Crippen molar-refractivity contribution >= 4 is 21.8 Å². The zero-order chi connectivity index (χ0) is 12.8. The van der Waals surface area contributed by atoms with Crippen LogP contribution >= 0.6 is 15.9 Å². The Hall–Kier alpha value is -1.07. The Morgan fingerprint density at radius 1 is 1.53 bits per heavy atom. The molecular formula is C12H16BrNO3. The van der Waals surface area contributed by atoms with E-state index < -0.39 is 0 Å². The molecule has 0 atom stereocenters. The molecule has 1 aromatic rings. The average Bonchev–Trinajstić information content (AvgIpc) is 2.23. The van der Waals surface area contributed by atoms with Crippen LogP contribution in [0.5, 0.6) is 5.75 Å². The fourth-order valence-corrected chi connectivity index (χ4v) is 1.60. The van der Waals surface area contributed by atoms with Crippen LogP contribution in [0.2, 0.25) is 0 Å². The van der Waals surface area contributed by atoms with Crippen LogP contribution < -0.4 is 5.32 Å². The van der Waals surface area contributed by atoms with Gasteiger partial charge < -0.3 is 15.2 Å². The first kappa shape index (κ1) is 14.0. The summed E-state index contributed by atoms with van der Waals surface area (Å²) in [6, 6.07) is 4.76. The maximum atomic E-state index is 11.7. The van der Waals surface area contributed by atoms with Gasteiger partial charge in [0.25, 0.3) is 5.91 Å². The average molecular weight is 302 g/mol. The number of carbonyl (C=O) groups is 1. The highest BCUT2D eigenvalue weighted by molar-refractivity contribution is 9.10. The van der Waals surface area contributed by atoms with Crippen molar-refractivity contribution in [2.45, 2.75) is 20.0 Å². The third kappa shape index (κ3) is 4.75. The normalized spacial score (nSPS) is 10.6. The van der Waals surface area contributed by atoms with E-state index in [2.05, 4.69) is 21.2 Å². The number of phenolic OH excluding ortho intramolecular Hbond substituents is 1. The molecule has 0 saturated carbocycles. The first-order chi connectivity index (χ1) is 8.00. The van der Waals surface area contributed by atoms with Crippen LogP contribution in [0.3, 0.4) is 0 Å². The number of nitrogens with one attached hydrogen (secondary N) is 1. The van der Waals surface area contributed by atoms with Crippen molar-refractivity contribution in [3.63, 3.8) is 0 Å². The molecule has 94 valence electrons. The Morgan fingerprint density at radius 3 is 2.82 bits per heavy atom. The molecular weight excluding hydrogens is 286 g/mol. The second-order valence-corrected chi connectivity index (χ2v) is 4.75. The smallest absolute Gasteiger partial charge is 0.255 e. The first-order valence-electron chi connectivity index (χ1n) is 5.39. The second-order valence-electron chi connectivity index (χ2n) is 3.84. The molecule has 4 nitrogen and oxygen atoms in total.